The minimum absolute atomic E-state index is 0.0351. The van der Waals surface area contributed by atoms with Gasteiger partial charge >= 0.3 is 0 Å². The second-order valence-electron chi connectivity index (χ2n) is 8.18. The van der Waals surface area contributed by atoms with Crippen molar-refractivity contribution in [1.82, 2.24) is 4.57 Å². The van der Waals surface area contributed by atoms with Crippen LogP contribution < -0.4 is 35.0 Å². The zero-order valence-electron chi connectivity index (χ0n) is 19.5. The van der Waals surface area contributed by atoms with E-state index >= 15 is 0 Å². The number of allylic oxidation sites excluding steroid dienone is 1. The van der Waals surface area contributed by atoms with Crippen molar-refractivity contribution in [3.05, 3.63) is 86.7 Å². The lowest BCUT2D eigenvalue weighted by Gasteiger charge is -2.27. The van der Waals surface area contributed by atoms with Crippen molar-refractivity contribution in [1.29, 1.82) is 5.26 Å². The van der Waals surface area contributed by atoms with Crippen LogP contribution in [0.5, 0.6) is 28.7 Å². The molecule has 0 saturated carbocycles. The number of nitrogens with two attached hydrogens (primary N) is 1. The molecule has 2 N–H and O–H groups in total. The zero-order chi connectivity index (χ0) is 24.7. The smallest absolute Gasteiger partial charge is 0.259 e. The average molecular weight is 473 g/mol. The summed E-state index contributed by atoms with van der Waals surface area (Å²) < 4.78 is 29.0. The summed E-state index contributed by atoms with van der Waals surface area (Å²) in [7, 11) is 3.06. The van der Waals surface area contributed by atoms with E-state index in [0.29, 0.717) is 52.1 Å². The lowest BCUT2D eigenvalue weighted by atomic mass is 9.84. The molecular formula is C26H23N3O6. The van der Waals surface area contributed by atoms with E-state index in [1.54, 1.807) is 28.8 Å². The maximum atomic E-state index is 13.9. The van der Waals surface area contributed by atoms with Crippen molar-refractivity contribution in [3.8, 4) is 34.8 Å². The molecule has 1 aromatic heterocycles. The maximum Gasteiger partial charge on any atom is 0.259 e. The predicted molar refractivity (Wildman–Crippen MR) is 126 cm³/mol. The molecular weight excluding hydrogens is 450 g/mol. The van der Waals surface area contributed by atoms with Gasteiger partial charge in [-0.3, -0.25) is 4.79 Å². The van der Waals surface area contributed by atoms with Gasteiger partial charge < -0.3 is 34.0 Å². The molecule has 9 heteroatoms. The standard InChI is InChI=1S/C26H23N3O6/c1-14-8-22-24(26(30)29(14)12-15-4-6-19-21(9-15)34-13-33-19)23(17(11-27)25(28)35-22)16-5-7-18(31-2)20(10-16)32-3/h4-10,23H,12-13,28H2,1-3H3/t23-/m0/s1. The molecule has 1 atom stereocenters. The number of benzene rings is 2. The van der Waals surface area contributed by atoms with Crippen LogP contribution in [0.1, 0.15) is 28.3 Å². The van der Waals surface area contributed by atoms with Crippen LogP contribution in [0.2, 0.25) is 0 Å². The van der Waals surface area contributed by atoms with Crippen molar-refractivity contribution in [2.45, 2.75) is 19.4 Å². The van der Waals surface area contributed by atoms with E-state index < -0.39 is 5.92 Å². The Balaban J connectivity index is 1.66. The molecule has 0 bridgehead atoms. The number of aromatic nitrogens is 1. The number of fused-ring (bicyclic) bond motifs is 2. The molecule has 0 amide bonds. The molecule has 2 aliphatic rings. The number of methoxy groups -OCH3 is 2. The summed E-state index contributed by atoms with van der Waals surface area (Å²) in [5, 5.41) is 9.93. The van der Waals surface area contributed by atoms with Gasteiger partial charge in [-0.2, -0.15) is 5.26 Å². The van der Waals surface area contributed by atoms with Crippen molar-refractivity contribution >= 4 is 0 Å². The summed E-state index contributed by atoms with van der Waals surface area (Å²) >= 11 is 0. The fraction of sp³-hybridized carbons (Fsp3) is 0.231. The topological polar surface area (TPSA) is 118 Å². The lowest BCUT2D eigenvalue weighted by Crippen LogP contribution is -2.33. The first-order chi connectivity index (χ1) is 16.9. The third-order valence-corrected chi connectivity index (χ3v) is 6.21. The van der Waals surface area contributed by atoms with Crippen LogP contribution in [0.15, 0.2) is 58.7 Å². The summed E-state index contributed by atoms with van der Waals surface area (Å²) in [5.74, 6) is 1.87. The summed E-state index contributed by atoms with van der Waals surface area (Å²) in [6.45, 7) is 2.29. The number of aryl methyl sites for hydroxylation is 1. The molecule has 2 aromatic carbocycles. The quantitative estimate of drug-likeness (QED) is 0.600. The fourth-order valence-electron chi connectivity index (χ4n) is 4.47. The molecule has 178 valence electrons. The van der Waals surface area contributed by atoms with Crippen LogP contribution in [-0.2, 0) is 6.54 Å². The predicted octanol–water partition coefficient (Wildman–Crippen LogP) is 3.17. The SMILES string of the molecule is COc1ccc([C@H]2C(C#N)=C(N)Oc3cc(C)n(Cc4ccc5c(c4)OCO5)c(=O)c32)cc1OC. The summed E-state index contributed by atoms with van der Waals surface area (Å²) in [4.78, 5) is 13.9. The highest BCUT2D eigenvalue weighted by molar-refractivity contribution is 5.57. The van der Waals surface area contributed by atoms with Crippen LogP contribution in [-0.4, -0.2) is 25.6 Å². The van der Waals surface area contributed by atoms with Crippen LogP contribution in [0, 0.1) is 18.3 Å². The van der Waals surface area contributed by atoms with Crippen LogP contribution >= 0.6 is 0 Å². The highest BCUT2D eigenvalue weighted by Crippen LogP contribution is 2.43. The fourth-order valence-corrected chi connectivity index (χ4v) is 4.47. The number of hydrogen-bond acceptors (Lipinski definition) is 8. The van der Waals surface area contributed by atoms with E-state index in [9.17, 15) is 10.1 Å². The van der Waals surface area contributed by atoms with Gasteiger partial charge in [-0.1, -0.05) is 12.1 Å². The molecule has 3 aromatic rings. The molecule has 0 unspecified atom stereocenters. The molecule has 2 aliphatic heterocycles. The molecule has 0 fully saturated rings. The van der Waals surface area contributed by atoms with Gasteiger partial charge in [-0.25, -0.2) is 0 Å². The van der Waals surface area contributed by atoms with Crippen molar-refractivity contribution in [2.75, 3.05) is 21.0 Å². The number of rotatable bonds is 5. The molecule has 9 nitrogen and oxygen atoms in total. The Bertz CT molecular complexity index is 1470. The maximum absolute atomic E-state index is 13.9. The first kappa shape index (κ1) is 22.2. The second-order valence-corrected chi connectivity index (χ2v) is 8.18. The molecule has 35 heavy (non-hydrogen) atoms. The monoisotopic (exact) mass is 473 g/mol. The van der Waals surface area contributed by atoms with E-state index in [1.165, 1.54) is 14.2 Å². The number of nitrogens with zero attached hydrogens (tertiary/aromatic N) is 2. The first-order valence-electron chi connectivity index (χ1n) is 10.9. The van der Waals surface area contributed by atoms with E-state index in [4.69, 9.17) is 29.4 Å². The Labute approximate surface area is 201 Å². The van der Waals surface area contributed by atoms with Crippen molar-refractivity contribution in [3.63, 3.8) is 0 Å². The van der Waals surface area contributed by atoms with Crippen molar-refractivity contribution in [2.24, 2.45) is 5.73 Å². The Morgan fingerprint density at radius 2 is 1.83 bits per heavy atom. The normalized spacial score (nSPS) is 15.8. The molecule has 0 saturated heterocycles. The van der Waals surface area contributed by atoms with Crippen molar-refractivity contribution < 1.29 is 23.7 Å². The molecule has 0 spiro atoms. The molecule has 0 radical (unpaired) electrons. The second kappa shape index (κ2) is 8.65. The van der Waals surface area contributed by atoms with Gasteiger partial charge in [0.05, 0.1) is 32.2 Å². The van der Waals surface area contributed by atoms with Gasteiger partial charge in [0, 0.05) is 11.8 Å². The van der Waals surface area contributed by atoms with E-state index in [0.717, 1.165) is 5.56 Å². The van der Waals surface area contributed by atoms with Gasteiger partial charge in [0.2, 0.25) is 12.7 Å². The highest BCUT2D eigenvalue weighted by Gasteiger charge is 2.35. The minimum Gasteiger partial charge on any atom is -0.493 e. The van der Waals surface area contributed by atoms with E-state index in [2.05, 4.69) is 6.07 Å². The number of hydrogen-bond donors (Lipinski definition) is 1. The number of pyridine rings is 1. The van der Waals surface area contributed by atoms with Crippen LogP contribution in [0.3, 0.4) is 0 Å². The van der Waals surface area contributed by atoms with E-state index in [1.807, 2.05) is 25.1 Å². The molecule has 5 rings (SSSR count). The first-order valence-corrected chi connectivity index (χ1v) is 10.9. The van der Waals surface area contributed by atoms with Gasteiger partial charge in [0.15, 0.2) is 23.0 Å². The van der Waals surface area contributed by atoms with Crippen LogP contribution in [0.4, 0.5) is 0 Å². The summed E-state index contributed by atoms with van der Waals surface area (Å²) in [5.41, 5.74) is 8.53. The molecule has 0 aliphatic carbocycles. The number of nitriles is 1. The zero-order valence-corrected chi connectivity index (χ0v) is 19.5. The minimum atomic E-state index is -0.736. The van der Waals surface area contributed by atoms with Gasteiger partial charge in [0.25, 0.3) is 5.56 Å². The summed E-state index contributed by atoms with van der Waals surface area (Å²) in [6, 6.07) is 14.7. The third-order valence-electron chi connectivity index (χ3n) is 6.21. The Morgan fingerprint density at radius 3 is 2.57 bits per heavy atom. The van der Waals surface area contributed by atoms with Gasteiger partial charge in [-0.15, -0.1) is 0 Å². The van der Waals surface area contributed by atoms with Gasteiger partial charge in [-0.05, 0) is 42.3 Å². The van der Waals surface area contributed by atoms with Crippen LogP contribution in [0.25, 0.3) is 0 Å². The largest absolute Gasteiger partial charge is 0.493 e. The third kappa shape index (κ3) is 3.69. The Morgan fingerprint density at radius 1 is 1.06 bits per heavy atom. The Kier molecular flexibility index (Phi) is 5.49. The average Bonchev–Trinajstić information content (AvgIpc) is 3.33. The van der Waals surface area contributed by atoms with Gasteiger partial charge in [0.1, 0.15) is 17.4 Å². The van der Waals surface area contributed by atoms with E-state index in [-0.39, 0.29) is 23.8 Å². The number of ether oxygens (including phenoxy) is 5. The Hall–Kier alpha value is -4.58. The summed E-state index contributed by atoms with van der Waals surface area (Å²) in [6.07, 6.45) is 0. The lowest BCUT2D eigenvalue weighted by molar-refractivity contribution is 0.174. The highest BCUT2D eigenvalue weighted by atomic mass is 16.7. The molecule has 3 heterocycles.